The molecule has 0 aliphatic carbocycles. The van der Waals surface area contributed by atoms with Crippen molar-refractivity contribution in [3.63, 3.8) is 0 Å². The van der Waals surface area contributed by atoms with Gasteiger partial charge in [0.2, 0.25) is 0 Å². The summed E-state index contributed by atoms with van der Waals surface area (Å²) in [6.07, 6.45) is 2.11. The molecule has 1 atom stereocenters. The molecule has 1 unspecified atom stereocenters. The van der Waals surface area contributed by atoms with Crippen LogP contribution in [0.15, 0.2) is 18.2 Å². The minimum atomic E-state index is -0.196. The fourth-order valence-corrected chi connectivity index (χ4v) is 2.20. The second-order valence-corrected chi connectivity index (χ2v) is 4.75. The van der Waals surface area contributed by atoms with Crippen molar-refractivity contribution in [1.82, 2.24) is 5.32 Å². The highest BCUT2D eigenvalue weighted by Gasteiger charge is 2.18. The van der Waals surface area contributed by atoms with Crippen molar-refractivity contribution in [2.24, 2.45) is 0 Å². The van der Waals surface area contributed by atoms with Gasteiger partial charge in [-0.25, -0.2) is 4.39 Å². The maximum atomic E-state index is 14.1. The van der Waals surface area contributed by atoms with E-state index in [9.17, 15) is 9.50 Å². The summed E-state index contributed by atoms with van der Waals surface area (Å²) < 4.78 is 14.1. The number of benzene rings is 1. The van der Waals surface area contributed by atoms with Crippen LogP contribution in [0.1, 0.15) is 38.3 Å². The molecule has 4 heteroatoms. The molecular formula is C15H25FN2O. The van der Waals surface area contributed by atoms with Gasteiger partial charge in [0.05, 0.1) is 6.61 Å². The number of halogens is 1. The third-order valence-electron chi connectivity index (χ3n) is 3.39. The van der Waals surface area contributed by atoms with Gasteiger partial charge in [0.25, 0.3) is 0 Å². The Hall–Kier alpha value is -1.13. The third kappa shape index (κ3) is 4.18. The fraction of sp³-hybridized carbons (Fsp3) is 0.600. The summed E-state index contributed by atoms with van der Waals surface area (Å²) in [5, 5.41) is 12.3. The van der Waals surface area contributed by atoms with Gasteiger partial charge in [-0.1, -0.05) is 19.4 Å². The van der Waals surface area contributed by atoms with Crippen LogP contribution in [0, 0.1) is 5.82 Å². The molecule has 0 fully saturated rings. The number of hydrogen-bond donors (Lipinski definition) is 2. The Morgan fingerprint density at radius 3 is 2.68 bits per heavy atom. The zero-order valence-electron chi connectivity index (χ0n) is 12.1. The lowest BCUT2D eigenvalue weighted by Gasteiger charge is -2.28. The van der Waals surface area contributed by atoms with Crippen LogP contribution >= 0.6 is 0 Å². The highest BCUT2D eigenvalue weighted by Crippen LogP contribution is 2.29. The van der Waals surface area contributed by atoms with Crippen molar-refractivity contribution in [2.75, 3.05) is 31.6 Å². The van der Waals surface area contributed by atoms with Gasteiger partial charge in [0.1, 0.15) is 5.82 Å². The lowest BCUT2D eigenvalue weighted by molar-refractivity contribution is 0.301. The Labute approximate surface area is 115 Å². The molecule has 1 aromatic carbocycles. The van der Waals surface area contributed by atoms with Crippen molar-refractivity contribution < 1.29 is 9.50 Å². The number of aliphatic hydroxyl groups excluding tert-OH is 1. The van der Waals surface area contributed by atoms with E-state index in [0.29, 0.717) is 12.1 Å². The third-order valence-corrected chi connectivity index (χ3v) is 3.39. The molecule has 0 aliphatic rings. The van der Waals surface area contributed by atoms with Crippen LogP contribution < -0.4 is 10.2 Å². The number of nitrogens with zero attached hydrogens (tertiary/aromatic N) is 1. The number of hydrogen-bond acceptors (Lipinski definition) is 3. The number of rotatable bonds is 8. The SMILES string of the molecule is CCCCN(CCO)c1cccc(F)c1C(C)NC. The van der Waals surface area contributed by atoms with Crippen LogP contribution in [0.2, 0.25) is 0 Å². The molecule has 3 nitrogen and oxygen atoms in total. The first-order valence-corrected chi connectivity index (χ1v) is 6.97. The Morgan fingerprint density at radius 1 is 1.37 bits per heavy atom. The molecule has 0 saturated heterocycles. The topological polar surface area (TPSA) is 35.5 Å². The average molecular weight is 268 g/mol. The minimum Gasteiger partial charge on any atom is -0.395 e. The Balaban J connectivity index is 3.09. The summed E-state index contributed by atoms with van der Waals surface area (Å²) >= 11 is 0. The van der Waals surface area contributed by atoms with E-state index in [1.807, 2.05) is 20.0 Å². The summed E-state index contributed by atoms with van der Waals surface area (Å²) in [6, 6.07) is 5.09. The molecule has 0 aromatic heterocycles. The van der Waals surface area contributed by atoms with Gasteiger partial charge in [0.15, 0.2) is 0 Å². The van der Waals surface area contributed by atoms with Gasteiger partial charge in [0, 0.05) is 30.4 Å². The zero-order chi connectivity index (χ0) is 14.3. The van der Waals surface area contributed by atoms with Crippen molar-refractivity contribution in [1.29, 1.82) is 0 Å². The summed E-state index contributed by atoms with van der Waals surface area (Å²) in [6.45, 7) is 5.52. The van der Waals surface area contributed by atoms with Crippen molar-refractivity contribution in [2.45, 2.75) is 32.7 Å². The van der Waals surface area contributed by atoms with Crippen LogP contribution in [0.3, 0.4) is 0 Å². The number of unbranched alkanes of at least 4 members (excludes halogenated alkanes) is 1. The minimum absolute atomic E-state index is 0.0565. The van der Waals surface area contributed by atoms with Gasteiger partial charge in [-0.05, 0) is 32.5 Å². The maximum Gasteiger partial charge on any atom is 0.130 e. The van der Waals surface area contributed by atoms with E-state index in [0.717, 1.165) is 25.1 Å². The Kier molecular flexibility index (Phi) is 6.81. The molecule has 0 aliphatic heterocycles. The second kappa shape index (κ2) is 8.12. The molecule has 0 radical (unpaired) electrons. The van der Waals surface area contributed by atoms with E-state index in [2.05, 4.69) is 17.1 Å². The van der Waals surface area contributed by atoms with E-state index < -0.39 is 0 Å². The van der Waals surface area contributed by atoms with Crippen LogP contribution in [0.5, 0.6) is 0 Å². The molecule has 0 bridgehead atoms. The van der Waals surface area contributed by atoms with E-state index in [1.54, 1.807) is 6.07 Å². The number of anilines is 1. The molecule has 1 rings (SSSR count). The smallest absolute Gasteiger partial charge is 0.130 e. The average Bonchev–Trinajstić information content (AvgIpc) is 2.42. The first-order valence-electron chi connectivity index (χ1n) is 6.97. The molecule has 19 heavy (non-hydrogen) atoms. The van der Waals surface area contributed by atoms with E-state index in [-0.39, 0.29) is 18.5 Å². The van der Waals surface area contributed by atoms with E-state index in [1.165, 1.54) is 6.07 Å². The first-order chi connectivity index (χ1) is 9.15. The molecule has 0 heterocycles. The highest BCUT2D eigenvalue weighted by atomic mass is 19.1. The molecule has 1 aromatic rings. The summed E-state index contributed by atoms with van der Waals surface area (Å²) in [4.78, 5) is 2.07. The Bertz CT molecular complexity index is 384. The molecule has 0 saturated carbocycles. The quantitative estimate of drug-likeness (QED) is 0.761. The van der Waals surface area contributed by atoms with Crippen LogP contribution in [0.25, 0.3) is 0 Å². The largest absolute Gasteiger partial charge is 0.395 e. The summed E-state index contributed by atoms with van der Waals surface area (Å²) in [7, 11) is 1.82. The predicted molar refractivity (Wildman–Crippen MR) is 78.1 cm³/mol. The molecule has 108 valence electrons. The van der Waals surface area contributed by atoms with Gasteiger partial charge in [-0.3, -0.25) is 0 Å². The first kappa shape index (κ1) is 15.9. The van der Waals surface area contributed by atoms with Crippen molar-refractivity contribution in [3.05, 3.63) is 29.6 Å². The van der Waals surface area contributed by atoms with E-state index >= 15 is 0 Å². The Morgan fingerprint density at radius 2 is 2.11 bits per heavy atom. The van der Waals surface area contributed by atoms with Crippen molar-refractivity contribution in [3.8, 4) is 0 Å². The standard InChI is InChI=1S/C15H25FN2O/c1-4-5-9-18(10-11-19)14-8-6-7-13(16)15(14)12(2)17-3/h6-8,12,17,19H,4-5,9-11H2,1-3H3. The van der Waals surface area contributed by atoms with Crippen LogP contribution in [-0.4, -0.2) is 31.9 Å². The van der Waals surface area contributed by atoms with Gasteiger partial charge < -0.3 is 15.3 Å². The zero-order valence-corrected chi connectivity index (χ0v) is 12.1. The summed E-state index contributed by atoms with van der Waals surface area (Å²) in [5.41, 5.74) is 1.55. The summed E-state index contributed by atoms with van der Waals surface area (Å²) in [5.74, 6) is -0.196. The molecule has 2 N–H and O–H groups in total. The van der Waals surface area contributed by atoms with Gasteiger partial charge in [-0.15, -0.1) is 0 Å². The molecule has 0 spiro atoms. The van der Waals surface area contributed by atoms with Gasteiger partial charge >= 0.3 is 0 Å². The highest BCUT2D eigenvalue weighted by molar-refractivity contribution is 5.55. The normalized spacial score (nSPS) is 12.5. The lowest BCUT2D eigenvalue weighted by atomic mass is 10.0. The maximum absolute atomic E-state index is 14.1. The van der Waals surface area contributed by atoms with Crippen LogP contribution in [-0.2, 0) is 0 Å². The number of aliphatic hydroxyl groups is 1. The van der Waals surface area contributed by atoms with Gasteiger partial charge in [-0.2, -0.15) is 0 Å². The molecule has 0 amide bonds. The fourth-order valence-electron chi connectivity index (χ4n) is 2.20. The number of nitrogens with one attached hydrogen (secondary N) is 1. The monoisotopic (exact) mass is 268 g/mol. The predicted octanol–water partition coefficient (Wildman–Crippen LogP) is 2.70. The van der Waals surface area contributed by atoms with Crippen LogP contribution in [0.4, 0.5) is 10.1 Å². The van der Waals surface area contributed by atoms with Crippen molar-refractivity contribution >= 4 is 5.69 Å². The molecular weight excluding hydrogens is 243 g/mol. The van der Waals surface area contributed by atoms with E-state index in [4.69, 9.17) is 0 Å². The second-order valence-electron chi connectivity index (χ2n) is 4.75. The lowest BCUT2D eigenvalue weighted by Crippen LogP contribution is -2.30.